The molecule has 0 fully saturated rings. The molecule has 0 spiro atoms. The second-order valence-electron chi connectivity index (χ2n) is 3.11. The van der Waals surface area contributed by atoms with Gasteiger partial charge in [0, 0.05) is 12.1 Å². The van der Waals surface area contributed by atoms with Crippen molar-refractivity contribution in [3.8, 4) is 6.07 Å². The van der Waals surface area contributed by atoms with Crippen LogP contribution in [-0.4, -0.2) is 24.1 Å². The van der Waals surface area contributed by atoms with E-state index in [1.165, 1.54) is 12.2 Å². The first-order chi connectivity index (χ1) is 5.70. The predicted octanol–water partition coefficient (Wildman–Crippen LogP) is 2.02. The summed E-state index contributed by atoms with van der Waals surface area (Å²) in [6, 6.07) is 3.02. The monoisotopic (exact) mass is 186 g/mol. The molecule has 0 saturated heterocycles. The first-order valence-electron chi connectivity index (χ1n) is 4.32. The number of nitriles is 1. The summed E-state index contributed by atoms with van der Waals surface area (Å²) in [6.07, 6.45) is 3.89. The third-order valence-corrected chi connectivity index (χ3v) is 2.37. The molecule has 0 radical (unpaired) electrons. The summed E-state index contributed by atoms with van der Waals surface area (Å²) in [4.78, 5) is 0. The highest BCUT2D eigenvalue weighted by molar-refractivity contribution is 7.98. The van der Waals surface area contributed by atoms with E-state index < -0.39 is 0 Å². The molecule has 2 nitrogen and oxygen atoms in total. The highest BCUT2D eigenvalue weighted by Crippen LogP contribution is 2.01. The number of rotatable bonds is 6. The van der Waals surface area contributed by atoms with Gasteiger partial charge in [0.15, 0.2) is 0 Å². The van der Waals surface area contributed by atoms with Gasteiger partial charge < -0.3 is 5.32 Å². The van der Waals surface area contributed by atoms with Gasteiger partial charge in [-0.3, -0.25) is 0 Å². The Morgan fingerprint density at radius 3 is 2.58 bits per heavy atom. The molecule has 2 atom stereocenters. The summed E-state index contributed by atoms with van der Waals surface area (Å²) < 4.78 is 0. The zero-order valence-corrected chi connectivity index (χ0v) is 8.95. The minimum Gasteiger partial charge on any atom is -0.311 e. The predicted molar refractivity (Wildman–Crippen MR) is 55.3 cm³/mol. The first-order valence-corrected chi connectivity index (χ1v) is 5.72. The fourth-order valence-corrected chi connectivity index (χ4v) is 1.65. The van der Waals surface area contributed by atoms with Crippen LogP contribution in [0.2, 0.25) is 0 Å². The maximum Gasteiger partial charge on any atom is 0.0638 e. The van der Waals surface area contributed by atoms with Crippen LogP contribution in [0.1, 0.15) is 26.7 Å². The average Bonchev–Trinajstić information content (AvgIpc) is 2.01. The second-order valence-corrected chi connectivity index (χ2v) is 4.10. The Hall–Kier alpha value is -0.200. The maximum absolute atomic E-state index is 8.43. The zero-order chi connectivity index (χ0) is 9.40. The van der Waals surface area contributed by atoms with Crippen molar-refractivity contribution in [2.45, 2.75) is 38.8 Å². The zero-order valence-electron chi connectivity index (χ0n) is 8.13. The van der Waals surface area contributed by atoms with Gasteiger partial charge in [-0.1, -0.05) is 0 Å². The summed E-state index contributed by atoms with van der Waals surface area (Å²) in [5, 5.41) is 11.8. The van der Waals surface area contributed by atoms with Crippen molar-refractivity contribution in [3.05, 3.63) is 0 Å². The number of hydrogen-bond acceptors (Lipinski definition) is 3. The lowest BCUT2D eigenvalue weighted by Gasteiger charge is -2.17. The van der Waals surface area contributed by atoms with Crippen LogP contribution in [0.25, 0.3) is 0 Å². The summed E-state index contributed by atoms with van der Waals surface area (Å²) >= 11 is 1.87. The van der Waals surface area contributed by atoms with E-state index >= 15 is 0 Å². The Kier molecular flexibility index (Phi) is 7.33. The molecule has 0 rings (SSSR count). The molecule has 3 heteroatoms. The van der Waals surface area contributed by atoms with E-state index in [2.05, 4.69) is 31.5 Å². The Morgan fingerprint density at radius 2 is 2.08 bits per heavy atom. The van der Waals surface area contributed by atoms with Crippen LogP contribution in [-0.2, 0) is 0 Å². The number of nitrogens with one attached hydrogen (secondary N) is 1. The van der Waals surface area contributed by atoms with E-state index in [0.717, 1.165) is 0 Å². The average molecular weight is 186 g/mol. The highest BCUT2D eigenvalue weighted by atomic mass is 32.2. The van der Waals surface area contributed by atoms with Crippen LogP contribution in [0.15, 0.2) is 0 Å². The fourth-order valence-electron chi connectivity index (χ4n) is 1.06. The first kappa shape index (κ1) is 11.8. The van der Waals surface area contributed by atoms with E-state index in [9.17, 15) is 0 Å². The van der Waals surface area contributed by atoms with Gasteiger partial charge in [-0.05, 0) is 32.3 Å². The smallest absolute Gasteiger partial charge is 0.0638 e. The molecular formula is C9H18N2S. The summed E-state index contributed by atoms with van der Waals surface area (Å²) in [5.74, 6) is 1.19. The van der Waals surface area contributed by atoms with Gasteiger partial charge in [-0.15, -0.1) is 0 Å². The number of hydrogen-bond donors (Lipinski definition) is 1. The third-order valence-electron chi connectivity index (χ3n) is 1.72. The van der Waals surface area contributed by atoms with Crippen molar-refractivity contribution in [2.24, 2.45) is 0 Å². The molecule has 0 aromatic heterocycles. The van der Waals surface area contributed by atoms with Crippen molar-refractivity contribution in [1.82, 2.24) is 5.32 Å². The molecule has 0 heterocycles. The molecule has 0 aromatic rings. The molecule has 0 saturated carbocycles. The number of thioether (sulfide) groups is 1. The molecule has 0 aromatic carbocycles. The quantitative estimate of drug-likeness (QED) is 0.689. The Bertz CT molecular complexity index is 142. The number of nitrogens with zero attached hydrogens (tertiary/aromatic N) is 1. The van der Waals surface area contributed by atoms with Gasteiger partial charge in [-0.25, -0.2) is 0 Å². The molecule has 0 aliphatic carbocycles. The second kappa shape index (κ2) is 7.45. The van der Waals surface area contributed by atoms with Gasteiger partial charge in [-0.2, -0.15) is 17.0 Å². The van der Waals surface area contributed by atoms with E-state index in [0.29, 0.717) is 18.5 Å². The van der Waals surface area contributed by atoms with E-state index in [-0.39, 0.29) is 0 Å². The van der Waals surface area contributed by atoms with Crippen LogP contribution >= 0.6 is 11.8 Å². The lowest BCUT2D eigenvalue weighted by Crippen LogP contribution is -2.34. The van der Waals surface area contributed by atoms with E-state index in [1.54, 1.807) is 0 Å². The van der Waals surface area contributed by atoms with Gasteiger partial charge in [0.25, 0.3) is 0 Å². The van der Waals surface area contributed by atoms with Gasteiger partial charge >= 0.3 is 0 Å². The van der Waals surface area contributed by atoms with Crippen molar-refractivity contribution >= 4 is 11.8 Å². The van der Waals surface area contributed by atoms with Crippen molar-refractivity contribution in [2.75, 3.05) is 12.0 Å². The standard InChI is InChI=1S/C9H18N2S/c1-8(4-6-10)11-9(2)5-7-12-3/h8-9,11H,4-5,7H2,1-3H3. The van der Waals surface area contributed by atoms with Crippen molar-refractivity contribution in [3.63, 3.8) is 0 Å². The highest BCUT2D eigenvalue weighted by Gasteiger charge is 2.05. The van der Waals surface area contributed by atoms with Crippen molar-refractivity contribution in [1.29, 1.82) is 5.26 Å². The molecule has 1 N–H and O–H groups in total. The van der Waals surface area contributed by atoms with Crippen LogP contribution in [0.3, 0.4) is 0 Å². The lowest BCUT2D eigenvalue weighted by molar-refractivity contribution is 0.464. The van der Waals surface area contributed by atoms with E-state index in [1.807, 2.05) is 11.8 Å². The van der Waals surface area contributed by atoms with Gasteiger partial charge in [0.2, 0.25) is 0 Å². The van der Waals surface area contributed by atoms with Crippen molar-refractivity contribution < 1.29 is 0 Å². The van der Waals surface area contributed by atoms with Gasteiger partial charge in [0.05, 0.1) is 12.5 Å². The van der Waals surface area contributed by atoms with Crippen LogP contribution in [0.5, 0.6) is 0 Å². The SMILES string of the molecule is CSCCC(C)NC(C)CC#N. The molecule has 0 aliphatic heterocycles. The van der Waals surface area contributed by atoms with Crippen LogP contribution in [0.4, 0.5) is 0 Å². The molecule has 2 unspecified atom stereocenters. The Labute approximate surface area is 79.7 Å². The van der Waals surface area contributed by atoms with E-state index in [4.69, 9.17) is 5.26 Å². The Balaban J connectivity index is 3.41. The Morgan fingerprint density at radius 1 is 1.42 bits per heavy atom. The molecule has 12 heavy (non-hydrogen) atoms. The van der Waals surface area contributed by atoms with Crippen LogP contribution in [0, 0.1) is 11.3 Å². The molecule has 70 valence electrons. The normalized spacial score (nSPS) is 15.2. The third kappa shape index (κ3) is 6.51. The minimum absolute atomic E-state index is 0.326. The fraction of sp³-hybridized carbons (Fsp3) is 0.889. The summed E-state index contributed by atoms with van der Waals surface area (Å²) in [5.41, 5.74) is 0. The maximum atomic E-state index is 8.43. The topological polar surface area (TPSA) is 35.8 Å². The lowest BCUT2D eigenvalue weighted by atomic mass is 10.2. The van der Waals surface area contributed by atoms with Gasteiger partial charge in [0.1, 0.15) is 0 Å². The molecule has 0 amide bonds. The minimum atomic E-state index is 0.326. The largest absolute Gasteiger partial charge is 0.311 e. The summed E-state index contributed by atoms with van der Waals surface area (Å²) in [6.45, 7) is 4.23. The van der Waals surface area contributed by atoms with Crippen LogP contribution < -0.4 is 5.32 Å². The summed E-state index contributed by atoms with van der Waals surface area (Å²) in [7, 11) is 0. The molecule has 0 bridgehead atoms. The molecule has 0 aliphatic rings. The molecular weight excluding hydrogens is 168 g/mol.